The predicted molar refractivity (Wildman–Crippen MR) is 72.5 cm³/mol. The van der Waals surface area contributed by atoms with Crippen LogP contribution in [0.1, 0.15) is 5.82 Å². The van der Waals surface area contributed by atoms with Gasteiger partial charge >= 0.3 is 0 Å². The van der Waals surface area contributed by atoms with E-state index in [9.17, 15) is 0 Å². The van der Waals surface area contributed by atoms with E-state index in [1.807, 2.05) is 25.2 Å². The Morgan fingerprint density at radius 3 is 2.94 bits per heavy atom. The number of hydrogen-bond acceptors (Lipinski definition) is 3. The minimum absolute atomic E-state index is 0.647. The maximum atomic E-state index is 5.88. The van der Waals surface area contributed by atoms with E-state index in [-0.39, 0.29) is 0 Å². The van der Waals surface area contributed by atoms with Crippen molar-refractivity contribution in [3.63, 3.8) is 0 Å². The summed E-state index contributed by atoms with van der Waals surface area (Å²) in [6.45, 7) is 0.647. The van der Waals surface area contributed by atoms with Crippen LogP contribution in [0.3, 0.4) is 0 Å². The van der Waals surface area contributed by atoms with Crippen LogP contribution in [0.15, 0.2) is 24.5 Å². The van der Waals surface area contributed by atoms with E-state index < -0.39 is 0 Å². The lowest BCUT2D eigenvalue weighted by Crippen LogP contribution is -2.07. The number of aryl methyl sites for hydroxylation is 1. The van der Waals surface area contributed by atoms with Crippen molar-refractivity contribution in [1.29, 1.82) is 0 Å². The summed E-state index contributed by atoms with van der Waals surface area (Å²) < 4.78 is 2.84. The van der Waals surface area contributed by atoms with Crippen LogP contribution in [0.4, 0.5) is 5.69 Å². The van der Waals surface area contributed by atoms with Gasteiger partial charge in [0.1, 0.15) is 12.2 Å². The van der Waals surface area contributed by atoms with Crippen LogP contribution in [-0.2, 0) is 13.6 Å². The fourth-order valence-corrected chi connectivity index (χ4v) is 2.35. The molecule has 84 valence electrons. The van der Waals surface area contributed by atoms with E-state index in [1.54, 1.807) is 11.0 Å². The molecule has 1 heterocycles. The zero-order chi connectivity index (χ0) is 11.5. The van der Waals surface area contributed by atoms with E-state index in [0.717, 1.165) is 20.1 Å². The summed E-state index contributed by atoms with van der Waals surface area (Å²) >= 11 is 8.13. The largest absolute Gasteiger partial charge is 0.377 e. The molecule has 16 heavy (non-hydrogen) atoms. The van der Waals surface area contributed by atoms with Gasteiger partial charge < -0.3 is 5.32 Å². The minimum atomic E-state index is 0.647. The molecule has 0 spiro atoms. The molecule has 0 fully saturated rings. The maximum absolute atomic E-state index is 5.88. The first-order valence-corrected chi connectivity index (χ1v) is 6.14. The lowest BCUT2D eigenvalue weighted by molar-refractivity contribution is 0.712. The van der Waals surface area contributed by atoms with Gasteiger partial charge in [-0.25, -0.2) is 4.98 Å². The van der Waals surface area contributed by atoms with E-state index in [1.165, 1.54) is 0 Å². The Bertz CT molecular complexity index is 497. The quantitative estimate of drug-likeness (QED) is 0.867. The van der Waals surface area contributed by atoms with Gasteiger partial charge in [0.15, 0.2) is 0 Å². The molecule has 6 heteroatoms. The number of halogens is 2. The Balaban J connectivity index is 2.08. The smallest absolute Gasteiger partial charge is 0.145 e. The minimum Gasteiger partial charge on any atom is -0.377 e. The van der Waals surface area contributed by atoms with Gasteiger partial charge in [-0.2, -0.15) is 5.10 Å². The van der Waals surface area contributed by atoms with Crippen LogP contribution in [0.25, 0.3) is 0 Å². The highest BCUT2D eigenvalue weighted by Gasteiger charge is 2.03. The summed E-state index contributed by atoms with van der Waals surface area (Å²) in [7, 11) is 1.87. The standard InChI is InChI=1S/C10H10ClIN4/c1-16-10(14-6-15-16)5-13-9-3-2-7(11)4-8(9)12/h2-4,6,13H,5H2,1H3. The van der Waals surface area contributed by atoms with Gasteiger partial charge in [0.25, 0.3) is 0 Å². The summed E-state index contributed by atoms with van der Waals surface area (Å²) in [5, 5.41) is 8.05. The maximum Gasteiger partial charge on any atom is 0.145 e. The molecule has 2 rings (SSSR count). The molecule has 1 aromatic carbocycles. The molecule has 0 bridgehead atoms. The molecule has 0 aliphatic rings. The van der Waals surface area contributed by atoms with Gasteiger partial charge in [-0.15, -0.1) is 0 Å². The van der Waals surface area contributed by atoms with Crippen molar-refractivity contribution in [2.24, 2.45) is 7.05 Å². The number of hydrogen-bond donors (Lipinski definition) is 1. The zero-order valence-corrected chi connectivity index (χ0v) is 11.5. The predicted octanol–water partition coefficient (Wildman–Crippen LogP) is 2.69. The summed E-state index contributed by atoms with van der Waals surface area (Å²) in [6.07, 6.45) is 1.55. The van der Waals surface area contributed by atoms with Gasteiger partial charge in [0, 0.05) is 21.3 Å². The number of nitrogens with one attached hydrogen (secondary N) is 1. The highest BCUT2D eigenvalue weighted by molar-refractivity contribution is 14.1. The van der Waals surface area contributed by atoms with Crippen molar-refractivity contribution in [3.8, 4) is 0 Å². The molecule has 0 aliphatic heterocycles. The molecule has 0 aliphatic carbocycles. The van der Waals surface area contributed by atoms with Crippen molar-refractivity contribution >= 4 is 39.9 Å². The topological polar surface area (TPSA) is 42.7 Å². The fourth-order valence-electron chi connectivity index (χ4n) is 1.29. The van der Waals surface area contributed by atoms with E-state index in [2.05, 4.69) is 38.0 Å². The highest BCUT2D eigenvalue weighted by Crippen LogP contribution is 2.22. The van der Waals surface area contributed by atoms with Crippen molar-refractivity contribution < 1.29 is 0 Å². The Kier molecular flexibility index (Phi) is 3.65. The van der Waals surface area contributed by atoms with Crippen molar-refractivity contribution in [3.05, 3.63) is 38.9 Å². The first-order valence-electron chi connectivity index (χ1n) is 4.68. The number of aromatic nitrogens is 3. The Morgan fingerprint density at radius 2 is 2.31 bits per heavy atom. The summed E-state index contributed by atoms with van der Waals surface area (Å²) in [4.78, 5) is 4.14. The molecule has 0 radical (unpaired) electrons. The van der Waals surface area contributed by atoms with E-state index in [0.29, 0.717) is 6.54 Å². The molecule has 0 unspecified atom stereocenters. The average molecular weight is 349 g/mol. The van der Waals surface area contributed by atoms with Crippen LogP contribution in [0, 0.1) is 3.57 Å². The molecular formula is C10H10ClIN4. The molecule has 0 saturated heterocycles. The van der Waals surface area contributed by atoms with Crippen molar-refractivity contribution in [2.45, 2.75) is 6.54 Å². The van der Waals surface area contributed by atoms with Gasteiger partial charge in [-0.1, -0.05) is 11.6 Å². The van der Waals surface area contributed by atoms with Crippen LogP contribution in [0.2, 0.25) is 5.02 Å². The van der Waals surface area contributed by atoms with E-state index >= 15 is 0 Å². The van der Waals surface area contributed by atoms with Crippen LogP contribution >= 0.6 is 34.2 Å². The summed E-state index contributed by atoms with van der Waals surface area (Å²) in [5.41, 5.74) is 1.05. The second-order valence-electron chi connectivity index (χ2n) is 3.28. The third kappa shape index (κ3) is 2.65. The first kappa shape index (κ1) is 11.7. The van der Waals surface area contributed by atoms with Crippen molar-refractivity contribution in [1.82, 2.24) is 14.8 Å². The third-order valence-corrected chi connectivity index (χ3v) is 3.30. The number of benzene rings is 1. The SMILES string of the molecule is Cn1ncnc1CNc1ccc(Cl)cc1I. The summed E-state index contributed by atoms with van der Waals surface area (Å²) in [6, 6.07) is 5.74. The average Bonchev–Trinajstić information content (AvgIpc) is 2.63. The normalized spacial score (nSPS) is 10.4. The number of nitrogens with zero attached hydrogens (tertiary/aromatic N) is 3. The van der Waals surface area contributed by atoms with Crippen molar-refractivity contribution in [2.75, 3.05) is 5.32 Å². The summed E-state index contributed by atoms with van der Waals surface area (Å²) in [5.74, 6) is 0.894. The Labute approximate surface area is 112 Å². The monoisotopic (exact) mass is 348 g/mol. The second kappa shape index (κ2) is 5.01. The fraction of sp³-hybridized carbons (Fsp3) is 0.200. The first-order chi connectivity index (χ1) is 7.66. The second-order valence-corrected chi connectivity index (χ2v) is 4.88. The molecule has 2 aromatic rings. The van der Waals surface area contributed by atoms with Gasteiger partial charge in [-0.05, 0) is 40.8 Å². The van der Waals surface area contributed by atoms with Crippen LogP contribution in [-0.4, -0.2) is 14.8 Å². The highest BCUT2D eigenvalue weighted by atomic mass is 127. The lowest BCUT2D eigenvalue weighted by Gasteiger charge is -2.08. The molecule has 4 nitrogen and oxygen atoms in total. The van der Waals surface area contributed by atoms with Gasteiger partial charge in [0.2, 0.25) is 0 Å². The Morgan fingerprint density at radius 1 is 1.50 bits per heavy atom. The third-order valence-electron chi connectivity index (χ3n) is 2.17. The lowest BCUT2D eigenvalue weighted by atomic mass is 10.3. The van der Waals surface area contributed by atoms with Gasteiger partial charge in [-0.3, -0.25) is 4.68 Å². The van der Waals surface area contributed by atoms with E-state index in [4.69, 9.17) is 11.6 Å². The molecule has 0 atom stereocenters. The molecule has 0 amide bonds. The number of anilines is 1. The van der Waals surface area contributed by atoms with Gasteiger partial charge in [0.05, 0.1) is 6.54 Å². The Hall–Kier alpha value is -0.820. The molecule has 0 saturated carbocycles. The molecular weight excluding hydrogens is 338 g/mol. The zero-order valence-electron chi connectivity index (χ0n) is 8.61. The van der Waals surface area contributed by atoms with Crippen LogP contribution in [0.5, 0.6) is 0 Å². The molecule has 1 aromatic heterocycles. The molecule has 1 N–H and O–H groups in total. The number of rotatable bonds is 3. The van der Waals surface area contributed by atoms with Crippen LogP contribution < -0.4 is 5.32 Å².